The highest BCUT2D eigenvalue weighted by Gasteiger charge is 2.16. The average Bonchev–Trinajstić information content (AvgIpc) is 2.53. The molecule has 2 aromatic rings. The molecule has 2 rings (SSSR count). The zero-order valence-electron chi connectivity index (χ0n) is 12.8. The second-order valence-corrected chi connectivity index (χ2v) is 7.31. The fourth-order valence-corrected chi connectivity index (χ4v) is 3.10. The summed E-state index contributed by atoms with van der Waals surface area (Å²) in [4.78, 5) is 2.65. The van der Waals surface area contributed by atoms with Crippen LogP contribution in [0.25, 0.3) is 0 Å². The molecule has 2 aromatic carbocycles. The number of hydrogen-bond acceptors (Lipinski definition) is 3. The van der Waals surface area contributed by atoms with Crippen molar-refractivity contribution in [2.75, 3.05) is 0 Å². The van der Waals surface area contributed by atoms with Crippen LogP contribution < -0.4 is 10.3 Å². The smallest absolute Gasteiger partial charge is 0.236 e. The van der Waals surface area contributed by atoms with Crippen molar-refractivity contribution < 1.29 is 8.42 Å². The van der Waals surface area contributed by atoms with Gasteiger partial charge in [-0.1, -0.05) is 47.5 Å². The van der Waals surface area contributed by atoms with E-state index in [2.05, 4.69) is 16.8 Å². The highest BCUT2D eigenvalue weighted by molar-refractivity contribution is 7.89. The Morgan fingerprint density at radius 2 is 1.74 bits per heavy atom. The van der Waals surface area contributed by atoms with Crippen LogP contribution in [0, 0.1) is 6.92 Å². The Labute approximate surface area is 142 Å². The fraction of sp³-hybridized carbons (Fsp3) is 0.176. The lowest BCUT2D eigenvalue weighted by Crippen LogP contribution is -2.39. The second kappa shape index (κ2) is 7.75. The molecule has 1 atom stereocenters. The van der Waals surface area contributed by atoms with E-state index in [0.717, 1.165) is 11.1 Å². The van der Waals surface area contributed by atoms with Crippen molar-refractivity contribution in [2.24, 2.45) is 0 Å². The molecule has 4 nitrogen and oxygen atoms in total. The Bertz CT molecular complexity index is 756. The SMILES string of the molecule is C=CC[C@H](NNS(=O)(=O)c1ccc(C)cc1)c1ccc(Cl)cc1. The van der Waals surface area contributed by atoms with Crippen molar-refractivity contribution in [3.05, 3.63) is 77.3 Å². The van der Waals surface area contributed by atoms with Crippen LogP contribution in [0.2, 0.25) is 5.02 Å². The molecule has 0 saturated carbocycles. The number of rotatable bonds is 7. The van der Waals surface area contributed by atoms with Gasteiger partial charge in [0.15, 0.2) is 0 Å². The Hall–Kier alpha value is -1.66. The van der Waals surface area contributed by atoms with Gasteiger partial charge in [-0.15, -0.1) is 11.4 Å². The van der Waals surface area contributed by atoms with Crippen LogP contribution >= 0.6 is 11.6 Å². The molecule has 0 saturated heterocycles. The van der Waals surface area contributed by atoms with Gasteiger partial charge in [-0.3, -0.25) is 0 Å². The molecule has 0 amide bonds. The Balaban J connectivity index is 2.13. The first kappa shape index (κ1) is 17.7. The molecule has 0 aliphatic carbocycles. The first-order valence-electron chi connectivity index (χ1n) is 7.13. The summed E-state index contributed by atoms with van der Waals surface area (Å²) in [6.07, 6.45) is 2.30. The topological polar surface area (TPSA) is 58.2 Å². The summed E-state index contributed by atoms with van der Waals surface area (Å²) in [6.45, 7) is 5.62. The molecule has 0 heterocycles. The Kier molecular flexibility index (Phi) is 5.96. The minimum Gasteiger partial charge on any atom is -0.236 e. The van der Waals surface area contributed by atoms with E-state index in [1.165, 1.54) is 0 Å². The highest BCUT2D eigenvalue weighted by Crippen LogP contribution is 2.19. The van der Waals surface area contributed by atoms with Gasteiger partial charge in [0.05, 0.1) is 10.9 Å². The van der Waals surface area contributed by atoms with E-state index in [1.54, 1.807) is 42.5 Å². The molecule has 6 heteroatoms. The summed E-state index contributed by atoms with van der Waals surface area (Å²) >= 11 is 5.88. The van der Waals surface area contributed by atoms with E-state index in [-0.39, 0.29) is 10.9 Å². The highest BCUT2D eigenvalue weighted by atomic mass is 35.5. The number of halogens is 1. The van der Waals surface area contributed by atoms with Gasteiger partial charge in [-0.2, -0.15) is 0 Å². The first-order valence-corrected chi connectivity index (χ1v) is 8.99. The number of nitrogens with one attached hydrogen (secondary N) is 2. The van der Waals surface area contributed by atoms with Crippen molar-refractivity contribution in [3.63, 3.8) is 0 Å². The van der Waals surface area contributed by atoms with Gasteiger partial charge >= 0.3 is 0 Å². The lowest BCUT2D eigenvalue weighted by Gasteiger charge is -2.18. The minimum absolute atomic E-state index is 0.212. The normalized spacial score (nSPS) is 12.8. The summed E-state index contributed by atoms with van der Waals surface area (Å²) in [5.74, 6) is 0. The van der Waals surface area contributed by atoms with E-state index in [0.29, 0.717) is 11.4 Å². The standard InChI is InChI=1S/C17H19ClN2O2S/c1-3-4-17(14-7-9-15(18)10-8-14)19-20-23(21,22)16-11-5-13(2)6-12-16/h3,5-12,17,19-20H,1,4H2,2H3/t17-/m0/s1. The van der Waals surface area contributed by atoms with Crippen LogP contribution in [-0.4, -0.2) is 8.42 Å². The average molecular weight is 351 g/mol. The molecule has 0 radical (unpaired) electrons. The second-order valence-electron chi connectivity index (χ2n) is 5.19. The van der Waals surface area contributed by atoms with Crippen LogP contribution in [-0.2, 0) is 10.0 Å². The van der Waals surface area contributed by atoms with Gasteiger partial charge in [-0.25, -0.2) is 13.8 Å². The lowest BCUT2D eigenvalue weighted by atomic mass is 10.0. The van der Waals surface area contributed by atoms with Gasteiger partial charge in [0.2, 0.25) is 0 Å². The summed E-state index contributed by atoms with van der Waals surface area (Å²) in [7, 11) is -3.63. The van der Waals surface area contributed by atoms with Crippen LogP contribution in [0.5, 0.6) is 0 Å². The molecule has 0 bridgehead atoms. The van der Waals surface area contributed by atoms with E-state index in [1.807, 2.05) is 19.1 Å². The summed E-state index contributed by atoms with van der Waals surface area (Å²) < 4.78 is 24.6. The monoisotopic (exact) mass is 350 g/mol. The molecule has 23 heavy (non-hydrogen) atoms. The summed E-state index contributed by atoms with van der Waals surface area (Å²) in [5.41, 5.74) is 4.78. The minimum atomic E-state index is -3.63. The molecular weight excluding hydrogens is 332 g/mol. The zero-order chi connectivity index (χ0) is 16.9. The number of hydrazine groups is 1. The molecule has 122 valence electrons. The quantitative estimate of drug-likeness (QED) is 0.590. The molecular formula is C17H19ClN2O2S. The van der Waals surface area contributed by atoms with Gasteiger partial charge in [0.25, 0.3) is 10.0 Å². The number of sulfonamides is 1. The van der Waals surface area contributed by atoms with Gasteiger partial charge in [0, 0.05) is 5.02 Å². The molecule has 0 aliphatic heterocycles. The van der Waals surface area contributed by atoms with Crippen LogP contribution in [0.4, 0.5) is 0 Å². The predicted molar refractivity (Wildman–Crippen MR) is 93.6 cm³/mol. The number of benzene rings is 2. The van der Waals surface area contributed by atoms with Crippen molar-refractivity contribution in [1.82, 2.24) is 10.3 Å². The van der Waals surface area contributed by atoms with E-state index >= 15 is 0 Å². The van der Waals surface area contributed by atoms with Crippen LogP contribution in [0.3, 0.4) is 0 Å². The fourth-order valence-electron chi connectivity index (χ4n) is 2.07. The molecule has 0 fully saturated rings. The van der Waals surface area contributed by atoms with E-state index < -0.39 is 10.0 Å². The largest absolute Gasteiger partial charge is 0.253 e. The zero-order valence-corrected chi connectivity index (χ0v) is 14.4. The van der Waals surface area contributed by atoms with Gasteiger partial charge in [-0.05, 0) is 43.2 Å². The van der Waals surface area contributed by atoms with Crippen molar-refractivity contribution in [3.8, 4) is 0 Å². The third kappa shape index (κ3) is 4.91. The van der Waals surface area contributed by atoms with Crippen molar-refractivity contribution >= 4 is 21.6 Å². The van der Waals surface area contributed by atoms with Crippen molar-refractivity contribution in [2.45, 2.75) is 24.3 Å². The van der Waals surface area contributed by atoms with Gasteiger partial charge in [0.1, 0.15) is 0 Å². The van der Waals surface area contributed by atoms with Crippen LogP contribution in [0.1, 0.15) is 23.6 Å². The number of hydrogen-bond donors (Lipinski definition) is 2. The van der Waals surface area contributed by atoms with E-state index in [4.69, 9.17) is 11.6 Å². The van der Waals surface area contributed by atoms with Crippen LogP contribution in [0.15, 0.2) is 66.1 Å². The maximum atomic E-state index is 12.3. The summed E-state index contributed by atoms with van der Waals surface area (Å²) in [6, 6.07) is 13.7. The number of aryl methyl sites for hydroxylation is 1. The molecule has 0 spiro atoms. The third-order valence-corrected chi connectivity index (χ3v) is 4.90. The molecule has 2 N–H and O–H groups in total. The molecule has 0 aromatic heterocycles. The third-order valence-electron chi connectivity index (χ3n) is 3.37. The predicted octanol–water partition coefficient (Wildman–Crippen LogP) is 3.75. The first-order chi connectivity index (χ1) is 10.9. The Morgan fingerprint density at radius 1 is 1.13 bits per heavy atom. The molecule has 0 aliphatic rings. The maximum Gasteiger partial charge on any atom is 0.253 e. The van der Waals surface area contributed by atoms with Gasteiger partial charge < -0.3 is 0 Å². The van der Waals surface area contributed by atoms with E-state index in [9.17, 15) is 8.42 Å². The summed E-state index contributed by atoms with van der Waals surface area (Å²) in [5, 5.41) is 0.631. The Morgan fingerprint density at radius 3 is 2.30 bits per heavy atom. The maximum absolute atomic E-state index is 12.3. The lowest BCUT2D eigenvalue weighted by molar-refractivity contribution is 0.494. The molecule has 0 unspecified atom stereocenters. The van der Waals surface area contributed by atoms with Crippen molar-refractivity contribution in [1.29, 1.82) is 0 Å².